The third-order valence-corrected chi connectivity index (χ3v) is 3.89. The zero-order valence-corrected chi connectivity index (χ0v) is 11.7. The number of aryl methyl sites for hydroxylation is 2. The summed E-state index contributed by atoms with van der Waals surface area (Å²) in [5.41, 5.74) is 3.72. The lowest BCUT2D eigenvalue weighted by molar-refractivity contribution is 0.157. The fraction of sp³-hybridized carbons (Fsp3) is 0.600. The topological polar surface area (TPSA) is 35.5 Å². The zero-order valence-electron chi connectivity index (χ0n) is 11.7. The average molecular weight is 248 g/mol. The predicted molar refractivity (Wildman–Crippen MR) is 74.8 cm³/mol. The lowest BCUT2D eigenvalue weighted by atomic mass is 9.91. The summed E-state index contributed by atoms with van der Waals surface area (Å²) >= 11 is 0. The standard InChI is InChI=1S/C15H24N2O/c1-12-4-5-13-6-7-15(11-18,14(13)10-12)16-8-9-17(2)3/h4-5,10,16,18H,6-9,11H2,1-3H3. The summed E-state index contributed by atoms with van der Waals surface area (Å²) in [4.78, 5) is 2.16. The van der Waals surface area contributed by atoms with Crippen LogP contribution >= 0.6 is 0 Å². The fourth-order valence-corrected chi connectivity index (χ4v) is 2.76. The van der Waals surface area contributed by atoms with Crippen molar-refractivity contribution in [3.05, 3.63) is 34.9 Å². The van der Waals surface area contributed by atoms with E-state index in [9.17, 15) is 5.11 Å². The van der Waals surface area contributed by atoms with Crippen molar-refractivity contribution in [3.63, 3.8) is 0 Å². The normalized spacial score (nSPS) is 22.5. The molecule has 1 atom stereocenters. The van der Waals surface area contributed by atoms with Crippen LogP contribution in [0.2, 0.25) is 0 Å². The molecular weight excluding hydrogens is 224 g/mol. The van der Waals surface area contributed by atoms with Crippen LogP contribution < -0.4 is 5.32 Å². The lowest BCUT2D eigenvalue weighted by Gasteiger charge is -2.30. The number of nitrogens with one attached hydrogen (secondary N) is 1. The van der Waals surface area contributed by atoms with Gasteiger partial charge < -0.3 is 15.3 Å². The lowest BCUT2D eigenvalue weighted by Crippen LogP contribution is -2.46. The summed E-state index contributed by atoms with van der Waals surface area (Å²) in [6.45, 7) is 4.18. The largest absolute Gasteiger partial charge is 0.394 e. The Bertz CT molecular complexity index is 417. The summed E-state index contributed by atoms with van der Waals surface area (Å²) in [5, 5.41) is 13.4. The van der Waals surface area contributed by atoms with Gasteiger partial charge in [0.15, 0.2) is 0 Å². The number of aliphatic hydroxyl groups is 1. The molecule has 0 spiro atoms. The average Bonchev–Trinajstić information content (AvgIpc) is 2.68. The molecule has 2 N–H and O–H groups in total. The third kappa shape index (κ3) is 2.58. The van der Waals surface area contributed by atoms with Crippen LogP contribution in [-0.2, 0) is 12.0 Å². The molecule has 0 bridgehead atoms. The first-order valence-electron chi connectivity index (χ1n) is 6.68. The number of nitrogens with zero attached hydrogens (tertiary/aromatic N) is 1. The second kappa shape index (κ2) is 5.39. The maximum absolute atomic E-state index is 9.84. The molecule has 1 aliphatic rings. The monoisotopic (exact) mass is 248 g/mol. The highest BCUT2D eigenvalue weighted by atomic mass is 16.3. The van der Waals surface area contributed by atoms with E-state index in [4.69, 9.17) is 0 Å². The van der Waals surface area contributed by atoms with Crippen molar-refractivity contribution in [3.8, 4) is 0 Å². The van der Waals surface area contributed by atoms with Crippen molar-refractivity contribution >= 4 is 0 Å². The van der Waals surface area contributed by atoms with Gasteiger partial charge in [0.2, 0.25) is 0 Å². The Balaban J connectivity index is 2.17. The zero-order chi connectivity index (χ0) is 13.2. The molecule has 100 valence electrons. The Hall–Kier alpha value is -0.900. The van der Waals surface area contributed by atoms with Gasteiger partial charge in [-0.25, -0.2) is 0 Å². The van der Waals surface area contributed by atoms with Gasteiger partial charge in [0.05, 0.1) is 12.1 Å². The van der Waals surface area contributed by atoms with Crippen LogP contribution in [0.5, 0.6) is 0 Å². The van der Waals surface area contributed by atoms with E-state index in [-0.39, 0.29) is 12.1 Å². The van der Waals surface area contributed by atoms with Crippen LogP contribution in [0.3, 0.4) is 0 Å². The van der Waals surface area contributed by atoms with Gasteiger partial charge in [-0.2, -0.15) is 0 Å². The van der Waals surface area contributed by atoms with Gasteiger partial charge in [0.1, 0.15) is 0 Å². The number of benzene rings is 1. The maximum Gasteiger partial charge on any atom is 0.0675 e. The van der Waals surface area contributed by atoms with E-state index in [1.807, 2.05) is 0 Å². The van der Waals surface area contributed by atoms with Crippen LogP contribution in [-0.4, -0.2) is 43.8 Å². The van der Waals surface area contributed by atoms with Crippen LogP contribution in [0.25, 0.3) is 0 Å². The molecule has 0 fully saturated rings. The van der Waals surface area contributed by atoms with Crippen molar-refractivity contribution in [2.45, 2.75) is 25.3 Å². The number of hydrogen-bond donors (Lipinski definition) is 2. The van der Waals surface area contributed by atoms with Gasteiger partial charge in [-0.05, 0) is 45.0 Å². The first kappa shape index (κ1) is 13.5. The number of aliphatic hydroxyl groups excluding tert-OH is 1. The van der Waals surface area contributed by atoms with Gasteiger partial charge in [-0.3, -0.25) is 0 Å². The highest BCUT2D eigenvalue weighted by Crippen LogP contribution is 2.37. The van der Waals surface area contributed by atoms with Gasteiger partial charge in [-0.15, -0.1) is 0 Å². The number of likely N-dealkylation sites (N-methyl/N-ethyl adjacent to an activating group) is 1. The van der Waals surface area contributed by atoms with Crippen molar-refractivity contribution < 1.29 is 5.11 Å². The van der Waals surface area contributed by atoms with Gasteiger partial charge in [-0.1, -0.05) is 23.8 Å². The molecule has 1 aromatic carbocycles. The molecule has 0 heterocycles. The van der Waals surface area contributed by atoms with Crippen molar-refractivity contribution in [1.82, 2.24) is 10.2 Å². The molecule has 18 heavy (non-hydrogen) atoms. The van der Waals surface area contributed by atoms with E-state index in [2.05, 4.69) is 49.4 Å². The van der Waals surface area contributed by atoms with E-state index in [1.165, 1.54) is 16.7 Å². The molecule has 2 rings (SSSR count). The molecule has 0 aromatic heterocycles. The van der Waals surface area contributed by atoms with Crippen LogP contribution in [0.15, 0.2) is 18.2 Å². The summed E-state index contributed by atoms with van der Waals surface area (Å²) in [7, 11) is 4.14. The van der Waals surface area contributed by atoms with Crippen LogP contribution in [0.1, 0.15) is 23.1 Å². The Morgan fingerprint density at radius 1 is 1.39 bits per heavy atom. The molecule has 0 radical (unpaired) electrons. The van der Waals surface area contributed by atoms with Gasteiger partial charge >= 0.3 is 0 Å². The summed E-state index contributed by atoms with van der Waals surface area (Å²) < 4.78 is 0. The van der Waals surface area contributed by atoms with E-state index in [0.717, 1.165) is 25.9 Å². The number of hydrogen-bond acceptors (Lipinski definition) is 3. The van der Waals surface area contributed by atoms with Crippen molar-refractivity contribution in [2.75, 3.05) is 33.8 Å². The summed E-state index contributed by atoms with van der Waals surface area (Å²) in [6.07, 6.45) is 2.06. The minimum atomic E-state index is -0.225. The minimum Gasteiger partial charge on any atom is -0.394 e. The summed E-state index contributed by atoms with van der Waals surface area (Å²) in [5.74, 6) is 0. The van der Waals surface area contributed by atoms with E-state index in [0.29, 0.717) is 0 Å². The van der Waals surface area contributed by atoms with E-state index in [1.54, 1.807) is 0 Å². The molecule has 0 aliphatic heterocycles. The second-order valence-corrected chi connectivity index (χ2v) is 5.63. The molecule has 3 heteroatoms. The van der Waals surface area contributed by atoms with Gasteiger partial charge in [0.25, 0.3) is 0 Å². The predicted octanol–water partition coefficient (Wildman–Crippen LogP) is 1.28. The molecule has 1 unspecified atom stereocenters. The first-order chi connectivity index (χ1) is 8.57. The quantitative estimate of drug-likeness (QED) is 0.824. The summed E-state index contributed by atoms with van der Waals surface area (Å²) in [6, 6.07) is 6.59. The Morgan fingerprint density at radius 2 is 2.17 bits per heavy atom. The number of fused-ring (bicyclic) bond motifs is 1. The highest BCUT2D eigenvalue weighted by Gasteiger charge is 2.37. The van der Waals surface area contributed by atoms with Crippen molar-refractivity contribution in [2.24, 2.45) is 0 Å². The van der Waals surface area contributed by atoms with E-state index >= 15 is 0 Å². The molecule has 1 aliphatic carbocycles. The first-order valence-corrected chi connectivity index (χ1v) is 6.68. The Morgan fingerprint density at radius 3 is 2.83 bits per heavy atom. The van der Waals surface area contributed by atoms with Crippen molar-refractivity contribution in [1.29, 1.82) is 0 Å². The smallest absolute Gasteiger partial charge is 0.0675 e. The molecule has 1 aromatic rings. The van der Waals surface area contributed by atoms with Crippen LogP contribution in [0.4, 0.5) is 0 Å². The SMILES string of the molecule is Cc1ccc2c(c1)C(CO)(NCCN(C)C)CC2. The van der Waals surface area contributed by atoms with E-state index < -0.39 is 0 Å². The third-order valence-electron chi connectivity index (χ3n) is 3.89. The molecule has 0 saturated heterocycles. The molecular formula is C15H24N2O. The molecule has 0 saturated carbocycles. The molecule has 0 amide bonds. The maximum atomic E-state index is 9.84. The number of rotatable bonds is 5. The Kier molecular flexibility index (Phi) is 4.05. The van der Waals surface area contributed by atoms with Gasteiger partial charge in [0, 0.05) is 13.1 Å². The highest BCUT2D eigenvalue weighted by molar-refractivity contribution is 5.41. The molecule has 3 nitrogen and oxygen atoms in total. The fourth-order valence-electron chi connectivity index (χ4n) is 2.76. The van der Waals surface area contributed by atoms with Crippen LogP contribution in [0, 0.1) is 6.92 Å². The minimum absolute atomic E-state index is 0.177. The second-order valence-electron chi connectivity index (χ2n) is 5.63. The Labute approximate surface area is 110 Å².